The lowest BCUT2D eigenvalue weighted by atomic mass is 10.0. The van der Waals surface area contributed by atoms with E-state index >= 15 is 0 Å². The molecule has 2 aromatic rings. The molecule has 2 heterocycles. The predicted octanol–water partition coefficient (Wildman–Crippen LogP) is 4.25. The van der Waals surface area contributed by atoms with E-state index in [2.05, 4.69) is 4.90 Å². The molecule has 1 saturated heterocycles. The summed E-state index contributed by atoms with van der Waals surface area (Å²) < 4.78 is 11.4. The third-order valence-electron chi connectivity index (χ3n) is 5.68. The highest BCUT2D eigenvalue weighted by atomic mass is 16.5. The van der Waals surface area contributed by atoms with Crippen molar-refractivity contribution in [2.45, 2.75) is 32.6 Å². The van der Waals surface area contributed by atoms with Crippen molar-refractivity contribution in [1.82, 2.24) is 4.90 Å². The topological polar surface area (TPSA) is 59.1 Å². The molecule has 0 aliphatic carbocycles. The number of benzene rings is 2. The van der Waals surface area contributed by atoms with E-state index < -0.39 is 0 Å². The summed E-state index contributed by atoms with van der Waals surface area (Å²) >= 11 is 0. The Balaban J connectivity index is 1.84. The van der Waals surface area contributed by atoms with Crippen LogP contribution in [-0.4, -0.2) is 43.5 Å². The second-order valence-electron chi connectivity index (χ2n) is 7.73. The smallest absolute Gasteiger partial charge is 0.282 e. The number of hydrogen-bond donors (Lipinski definition) is 0. The Labute approximate surface area is 183 Å². The van der Waals surface area contributed by atoms with E-state index in [-0.39, 0.29) is 11.8 Å². The molecule has 6 nitrogen and oxygen atoms in total. The van der Waals surface area contributed by atoms with E-state index in [0.29, 0.717) is 40.6 Å². The Morgan fingerprint density at radius 1 is 0.871 bits per heavy atom. The van der Waals surface area contributed by atoms with Crippen LogP contribution in [-0.2, 0) is 9.59 Å². The number of ether oxygens (including phenoxy) is 2. The first-order valence-electron chi connectivity index (χ1n) is 10.9. The lowest BCUT2D eigenvalue weighted by molar-refractivity contribution is -0.120. The van der Waals surface area contributed by atoms with Crippen molar-refractivity contribution in [3.8, 4) is 11.5 Å². The Morgan fingerprint density at radius 2 is 1.55 bits per heavy atom. The minimum absolute atomic E-state index is 0.305. The molecule has 0 spiro atoms. The molecule has 6 heteroatoms. The summed E-state index contributed by atoms with van der Waals surface area (Å²) in [5, 5.41) is 0. The molecule has 0 radical (unpaired) electrons. The van der Waals surface area contributed by atoms with Gasteiger partial charge in [0, 0.05) is 18.7 Å². The molecule has 1 fully saturated rings. The Hall–Kier alpha value is -3.28. The van der Waals surface area contributed by atoms with Crippen LogP contribution in [0.2, 0.25) is 0 Å². The zero-order valence-corrected chi connectivity index (χ0v) is 18.1. The first-order valence-corrected chi connectivity index (χ1v) is 10.9. The molecule has 0 atom stereocenters. The van der Waals surface area contributed by atoms with Gasteiger partial charge in [-0.1, -0.05) is 37.3 Å². The molecule has 31 heavy (non-hydrogen) atoms. The van der Waals surface area contributed by atoms with Gasteiger partial charge in [0.2, 0.25) is 0 Å². The Bertz CT molecular complexity index is 1010. The molecular weight excluding hydrogens is 392 g/mol. The van der Waals surface area contributed by atoms with Crippen molar-refractivity contribution < 1.29 is 19.1 Å². The molecule has 0 bridgehead atoms. The number of anilines is 1. The maximum atomic E-state index is 13.8. The Kier molecular flexibility index (Phi) is 6.26. The summed E-state index contributed by atoms with van der Waals surface area (Å²) in [6.45, 7) is 4.05. The van der Waals surface area contributed by atoms with Gasteiger partial charge < -0.3 is 14.4 Å². The molecule has 2 aliphatic heterocycles. The summed E-state index contributed by atoms with van der Waals surface area (Å²) in [6, 6.07) is 14.6. The van der Waals surface area contributed by atoms with Crippen LogP contribution in [0.4, 0.5) is 5.69 Å². The van der Waals surface area contributed by atoms with Gasteiger partial charge >= 0.3 is 0 Å². The molecular formula is C25H28N2O4. The second-order valence-corrected chi connectivity index (χ2v) is 7.73. The van der Waals surface area contributed by atoms with Gasteiger partial charge in [-0.2, -0.15) is 0 Å². The highest BCUT2D eigenvalue weighted by molar-refractivity contribution is 6.46. The molecule has 0 saturated carbocycles. The van der Waals surface area contributed by atoms with Gasteiger partial charge in [-0.25, -0.2) is 4.90 Å². The molecule has 0 aromatic heterocycles. The number of methoxy groups -OCH3 is 1. The number of imide groups is 1. The van der Waals surface area contributed by atoms with Crippen LogP contribution < -0.4 is 14.4 Å². The summed E-state index contributed by atoms with van der Waals surface area (Å²) in [4.78, 5) is 30.8. The third kappa shape index (κ3) is 3.90. The van der Waals surface area contributed by atoms with E-state index in [9.17, 15) is 9.59 Å². The van der Waals surface area contributed by atoms with Crippen molar-refractivity contribution in [1.29, 1.82) is 0 Å². The van der Waals surface area contributed by atoms with E-state index in [1.807, 2.05) is 43.3 Å². The van der Waals surface area contributed by atoms with E-state index in [1.165, 1.54) is 4.90 Å². The number of piperidine rings is 1. The molecule has 4 rings (SSSR count). The van der Waals surface area contributed by atoms with Gasteiger partial charge in [0.1, 0.15) is 17.2 Å². The van der Waals surface area contributed by atoms with Crippen LogP contribution in [0.15, 0.2) is 54.2 Å². The highest BCUT2D eigenvalue weighted by Gasteiger charge is 2.44. The summed E-state index contributed by atoms with van der Waals surface area (Å²) in [6.07, 6.45) is 3.97. The minimum Gasteiger partial charge on any atom is -0.496 e. The lowest BCUT2D eigenvalue weighted by Crippen LogP contribution is -2.37. The van der Waals surface area contributed by atoms with Gasteiger partial charge in [-0.05, 0) is 43.9 Å². The number of carbonyl (C=O) groups excluding carboxylic acids is 2. The lowest BCUT2D eigenvalue weighted by Gasteiger charge is -2.30. The average molecular weight is 421 g/mol. The molecule has 0 unspecified atom stereocenters. The van der Waals surface area contributed by atoms with Crippen molar-refractivity contribution in [2.75, 3.05) is 31.7 Å². The second kappa shape index (κ2) is 9.25. The molecule has 162 valence electrons. The van der Waals surface area contributed by atoms with Crippen LogP contribution in [0.3, 0.4) is 0 Å². The van der Waals surface area contributed by atoms with Gasteiger partial charge in [-0.15, -0.1) is 0 Å². The SMILES string of the molecule is CCCOc1ccccc1N1C(=O)C(c2ccccc2OC)=C(N2CCCCC2)C1=O. The van der Waals surface area contributed by atoms with E-state index in [4.69, 9.17) is 9.47 Å². The van der Waals surface area contributed by atoms with Gasteiger partial charge in [0.05, 0.1) is 25.0 Å². The maximum Gasteiger partial charge on any atom is 0.282 e. The highest BCUT2D eigenvalue weighted by Crippen LogP contribution is 2.41. The van der Waals surface area contributed by atoms with E-state index in [1.54, 1.807) is 19.2 Å². The number of amides is 2. The first kappa shape index (κ1) is 21.0. The first-order chi connectivity index (χ1) is 15.2. The van der Waals surface area contributed by atoms with Crippen LogP contribution in [0.5, 0.6) is 11.5 Å². The van der Waals surface area contributed by atoms with Crippen LogP contribution in [0, 0.1) is 0 Å². The van der Waals surface area contributed by atoms with Crippen molar-refractivity contribution in [3.05, 3.63) is 59.8 Å². The largest absolute Gasteiger partial charge is 0.496 e. The maximum absolute atomic E-state index is 13.8. The Morgan fingerprint density at radius 3 is 2.26 bits per heavy atom. The molecule has 2 aliphatic rings. The van der Waals surface area contributed by atoms with Gasteiger partial charge in [0.25, 0.3) is 11.8 Å². The molecule has 0 N–H and O–H groups in total. The fraction of sp³-hybridized carbons (Fsp3) is 0.360. The zero-order chi connectivity index (χ0) is 21.8. The summed E-state index contributed by atoms with van der Waals surface area (Å²) in [7, 11) is 1.58. The average Bonchev–Trinajstić information content (AvgIpc) is 3.08. The number of nitrogens with zero attached hydrogens (tertiary/aromatic N) is 2. The minimum atomic E-state index is -0.345. The number of para-hydroxylation sites is 3. The number of likely N-dealkylation sites (tertiary alicyclic amines) is 1. The van der Waals surface area contributed by atoms with Crippen molar-refractivity contribution in [3.63, 3.8) is 0 Å². The standard InChI is InChI=1S/C25H28N2O4/c1-3-17-31-21-14-8-6-12-19(21)27-24(28)22(18-11-5-7-13-20(18)30-2)23(25(27)29)26-15-9-4-10-16-26/h5-8,11-14H,3-4,9-10,15-17H2,1-2H3. The normalized spacial score (nSPS) is 16.8. The monoisotopic (exact) mass is 420 g/mol. The number of hydrogen-bond acceptors (Lipinski definition) is 5. The van der Waals surface area contributed by atoms with Crippen LogP contribution in [0.1, 0.15) is 38.2 Å². The van der Waals surface area contributed by atoms with E-state index in [0.717, 1.165) is 38.8 Å². The molecule has 2 aromatic carbocycles. The molecule has 2 amide bonds. The predicted molar refractivity (Wildman–Crippen MR) is 120 cm³/mol. The zero-order valence-electron chi connectivity index (χ0n) is 18.1. The van der Waals surface area contributed by atoms with Gasteiger partial charge in [-0.3, -0.25) is 9.59 Å². The fourth-order valence-electron chi connectivity index (χ4n) is 4.22. The number of carbonyl (C=O) groups is 2. The quantitative estimate of drug-likeness (QED) is 0.627. The third-order valence-corrected chi connectivity index (χ3v) is 5.68. The van der Waals surface area contributed by atoms with Crippen molar-refractivity contribution >= 4 is 23.1 Å². The van der Waals surface area contributed by atoms with Crippen molar-refractivity contribution in [2.24, 2.45) is 0 Å². The fourth-order valence-corrected chi connectivity index (χ4v) is 4.22. The van der Waals surface area contributed by atoms with Crippen LogP contribution in [0.25, 0.3) is 5.57 Å². The summed E-state index contributed by atoms with van der Waals surface area (Å²) in [5.74, 6) is 0.457. The number of rotatable bonds is 7. The van der Waals surface area contributed by atoms with Gasteiger partial charge in [0.15, 0.2) is 0 Å². The summed E-state index contributed by atoms with van der Waals surface area (Å²) in [5.41, 5.74) is 1.97. The van der Waals surface area contributed by atoms with Crippen LogP contribution >= 0.6 is 0 Å².